The number of hydrogen-bond donors (Lipinski definition) is 2. The van der Waals surface area contributed by atoms with Crippen LogP contribution in [-0.4, -0.2) is 68.1 Å². The lowest BCUT2D eigenvalue weighted by molar-refractivity contribution is 0.127. The van der Waals surface area contributed by atoms with E-state index in [1.54, 1.807) is 22.7 Å². The average Bonchev–Trinajstić information content (AvgIpc) is 1.55. The molecule has 0 fully saturated rings. The summed E-state index contributed by atoms with van der Waals surface area (Å²) in [6.07, 6.45) is 0. The summed E-state index contributed by atoms with van der Waals surface area (Å²) < 4.78 is 32.7. The van der Waals surface area contributed by atoms with Gasteiger partial charge in [0.25, 0.3) is 0 Å². The van der Waals surface area contributed by atoms with Crippen LogP contribution in [0.15, 0.2) is 130 Å². The summed E-state index contributed by atoms with van der Waals surface area (Å²) in [5, 5.41) is 32.7. The topological polar surface area (TPSA) is 77.4 Å². The molecule has 0 amide bonds. The number of aliphatic hydroxyl groups is 2. The van der Waals surface area contributed by atoms with Crippen molar-refractivity contribution in [1.82, 2.24) is 0 Å². The number of benzene rings is 4. The van der Waals surface area contributed by atoms with Crippen molar-refractivity contribution in [3.8, 4) is 42.5 Å². The van der Waals surface area contributed by atoms with E-state index in [4.69, 9.17) is 18.9 Å². The Morgan fingerprint density at radius 3 is 0.910 bits per heavy atom. The van der Waals surface area contributed by atoms with E-state index in [1.807, 2.05) is 131 Å². The predicted molar refractivity (Wildman–Crippen MR) is 396 cm³/mol. The molecule has 89 heavy (non-hydrogen) atoms. The van der Waals surface area contributed by atoms with Crippen molar-refractivity contribution in [2.75, 3.05) is 26.4 Å². The highest BCUT2D eigenvalue weighted by Crippen LogP contribution is 2.71. The molecule has 0 radical (unpaired) electrons. The van der Waals surface area contributed by atoms with Crippen LogP contribution in [0.25, 0.3) is 38.3 Å². The van der Waals surface area contributed by atoms with Crippen LogP contribution in [0.2, 0.25) is 0 Å². The summed E-state index contributed by atoms with van der Waals surface area (Å²) in [5.74, 6) is 4.35. The smallest absolute Gasteiger partial charge is 0.143 e. The molecule has 13 heteroatoms. The van der Waals surface area contributed by atoms with Crippen molar-refractivity contribution < 1.29 is 29.2 Å². The first kappa shape index (κ1) is 69.1. The lowest BCUT2D eigenvalue weighted by Crippen LogP contribution is -2.29. The molecule has 5 heterocycles. The van der Waals surface area contributed by atoms with Gasteiger partial charge in [-0.1, -0.05) is 187 Å². The molecular weight excluding hydrogens is 1230 g/mol. The average molecular weight is 1330 g/mol. The van der Waals surface area contributed by atoms with Crippen LogP contribution in [0.1, 0.15) is 172 Å². The van der Waals surface area contributed by atoms with Crippen molar-refractivity contribution in [1.29, 1.82) is 0 Å². The molecule has 9 rings (SSSR count). The van der Waals surface area contributed by atoms with Crippen LogP contribution in [0.4, 0.5) is 0 Å². The zero-order valence-electron chi connectivity index (χ0n) is 56.5. The summed E-state index contributed by atoms with van der Waals surface area (Å²) >= 11 is 9.09. The summed E-state index contributed by atoms with van der Waals surface area (Å²) in [4.78, 5) is 4.13. The molecular formula is C76H100O6S7. The number of thiophene rings is 5. The molecule has 0 atom stereocenters. The second-order valence-corrected chi connectivity index (χ2v) is 42.8. The molecule has 0 unspecified atom stereocenters. The van der Waals surface area contributed by atoms with E-state index in [0.717, 1.165) is 63.0 Å². The van der Waals surface area contributed by atoms with E-state index in [1.165, 1.54) is 17.8 Å². The van der Waals surface area contributed by atoms with E-state index in [-0.39, 0.29) is 0 Å². The van der Waals surface area contributed by atoms with Crippen molar-refractivity contribution in [3.05, 3.63) is 155 Å². The zero-order chi connectivity index (χ0) is 64.7. The first-order chi connectivity index (χ1) is 42.1. The first-order valence-electron chi connectivity index (χ1n) is 32.3. The van der Waals surface area contributed by atoms with Gasteiger partial charge in [0.05, 0.1) is 45.6 Å². The fraction of sp³-hybridized carbons (Fsp3) is 0.474. The Kier molecular flexibility index (Phi) is 21.8. The van der Waals surface area contributed by atoms with Crippen LogP contribution in [-0.2, 0) is 11.2 Å². The van der Waals surface area contributed by atoms with Crippen LogP contribution in [0.5, 0.6) is 23.0 Å². The molecule has 9 aromatic rings. The molecule has 5 aromatic heterocycles. The van der Waals surface area contributed by atoms with Gasteiger partial charge < -0.3 is 29.2 Å². The Hall–Kier alpha value is -4.28. The van der Waals surface area contributed by atoms with Gasteiger partial charge in [0, 0.05) is 38.7 Å². The molecule has 2 N–H and O–H groups in total. The lowest BCUT2D eigenvalue weighted by atomic mass is 9.78. The maximum atomic E-state index is 14.9. The Bertz CT molecular complexity index is 3560. The van der Waals surface area contributed by atoms with E-state index in [2.05, 4.69) is 163 Å². The first-order valence-corrected chi connectivity index (χ1v) is 40.0. The van der Waals surface area contributed by atoms with Gasteiger partial charge >= 0.3 is 0 Å². The summed E-state index contributed by atoms with van der Waals surface area (Å²) in [6, 6.07) is 42.1. The van der Waals surface area contributed by atoms with Gasteiger partial charge in [-0.25, -0.2) is 0 Å². The van der Waals surface area contributed by atoms with E-state index in [0.29, 0.717) is 104 Å². The van der Waals surface area contributed by atoms with Gasteiger partial charge in [-0.15, -0.1) is 56.7 Å². The van der Waals surface area contributed by atoms with Crippen LogP contribution in [0.3, 0.4) is 0 Å². The third kappa shape index (κ3) is 13.3. The van der Waals surface area contributed by atoms with Gasteiger partial charge in [-0.05, 0) is 150 Å². The maximum absolute atomic E-state index is 14.9. The summed E-state index contributed by atoms with van der Waals surface area (Å²) in [5.41, 5.74) is 0.983. The van der Waals surface area contributed by atoms with E-state index >= 15 is 0 Å². The maximum Gasteiger partial charge on any atom is 0.143 e. The normalized spacial score (nSPS) is 13.5. The Balaban J connectivity index is 1.44. The second kappa shape index (κ2) is 28.1. The van der Waals surface area contributed by atoms with Crippen molar-refractivity contribution >= 4 is 95.5 Å². The third-order valence-corrected chi connectivity index (χ3v) is 36.4. The number of fused-ring (bicyclic) bond motifs is 2. The molecule has 0 saturated heterocycles. The monoisotopic (exact) mass is 1330 g/mol. The molecule has 0 bridgehead atoms. The molecule has 0 aliphatic carbocycles. The lowest BCUT2D eigenvalue weighted by Gasteiger charge is -2.50. The SMILES string of the molecule is CC(C)COc1ccc(C(O)(c2ccc(OCC(C)C)cc2)c2c(-c3ccc(S(C(C)C)(C(C)C)C(C)C)s3)sc3c(C(O)(c4ccc(OCC(C)C)cc4)c4ccc(OCC(C)C)cc4)c(-c4cc5sc(S(C(C)C)(C(C)C)C(C)C)cc5s4)sc23)cc1. The zero-order valence-corrected chi connectivity index (χ0v) is 62.2. The molecule has 0 spiro atoms. The summed E-state index contributed by atoms with van der Waals surface area (Å²) in [6.45, 7) is 48.6. The van der Waals surface area contributed by atoms with Crippen LogP contribution >= 0.6 is 76.7 Å². The van der Waals surface area contributed by atoms with Gasteiger partial charge in [0.2, 0.25) is 0 Å². The fourth-order valence-electron chi connectivity index (χ4n) is 13.5. The molecule has 0 aliphatic heterocycles. The third-order valence-electron chi connectivity index (χ3n) is 17.3. The van der Waals surface area contributed by atoms with Gasteiger partial charge in [-0.3, -0.25) is 0 Å². The molecule has 482 valence electrons. The predicted octanol–water partition coefficient (Wildman–Crippen LogP) is 23.1. The molecule has 0 aliphatic rings. The highest BCUT2D eigenvalue weighted by Gasteiger charge is 2.47. The number of rotatable bonds is 28. The van der Waals surface area contributed by atoms with Crippen molar-refractivity contribution in [2.24, 2.45) is 23.7 Å². The molecule has 0 saturated carbocycles. The highest BCUT2D eigenvalue weighted by molar-refractivity contribution is 8.36. The standard InChI is InChI=1S/C76H100O6S7/c1-45(2)41-79-59-29-21-55(22-30-59)75(77,56-23-31-60(32-24-56)80-42-46(3)4)69-71(63-37-38-67(84-63)88(49(9)10,50(11)12)51(13)14)86-74-70(72(87-73(69)74)66-39-64-65(83-66)40-68(85-64)89(52(15)16,53(17)18)54(19)20)76(78,57-25-33-61(34-26-57)81-43-47(5)6)58-27-35-62(36-28-58)82-44-48(7)8/h21-40,45-54,77-78H,41-44H2,1-20H3. The quantitative estimate of drug-likeness (QED) is 0.0509. The highest BCUT2D eigenvalue weighted by atomic mass is 32.3. The van der Waals surface area contributed by atoms with Crippen LogP contribution in [0, 0.1) is 23.7 Å². The Morgan fingerprint density at radius 1 is 0.326 bits per heavy atom. The second-order valence-electron chi connectivity index (χ2n) is 27.4. The molecule has 6 nitrogen and oxygen atoms in total. The van der Waals surface area contributed by atoms with E-state index < -0.39 is 31.3 Å². The number of ether oxygens (including phenoxy) is 4. The largest absolute Gasteiger partial charge is 0.493 e. The van der Waals surface area contributed by atoms with Crippen molar-refractivity contribution in [3.63, 3.8) is 0 Å². The minimum absolute atomic E-state index is 0.340. The molecule has 4 aromatic carbocycles. The van der Waals surface area contributed by atoms with Gasteiger partial charge in [0.1, 0.15) is 34.2 Å². The minimum Gasteiger partial charge on any atom is -0.493 e. The van der Waals surface area contributed by atoms with Gasteiger partial charge in [0.15, 0.2) is 0 Å². The fourth-order valence-corrected chi connectivity index (χ4v) is 34.8. The number of hydrogen-bond acceptors (Lipinski definition) is 11. The minimum atomic E-state index is -1.73. The Labute approximate surface area is 557 Å². The van der Waals surface area contributed by atoms with Crippen molar-refractivity contribution in [2.45, 2.75) is 190 Å². The van der Waals surface area contributed by atoms with Gasteiger partial charge in [-0.2, -0.15) is 20.1 Å². The van der Waals surface area contributed by atoms with Crippen LogP contribution < -0.4 is 18.9 Å². The summed E-state index contributed by atoms with van der Waals surface area (Å²) in [7, 11) is -2.54. The Morgan fingerprint density at radius 2 is 0.618 bits per heavy atom. The van der Waals surface area contributed by atoms with E-state index in [9.17, 15) is 10.2 Å².